The van der Waals surface area contributed by atoms with Crippen LogP contribution < -0.4 is 9.47 Å². The number of benzene rings is 3. The topological polar surface area (TPSA) is 27.7 Å². The van der Waals surface area contributed by atoms with Gasteiger partial charge in [-0.1, -0.05) is 24.3 Å². The third-order valence-electron chi connectivity index (χ3n) is 5.06. The Hall–Kier alpha value is -1.02. The zero-order valence-electron chi connectivity index (χ0n) is 26.7. The van der Waals surface area contributed by atoms with Crippen LogP contribution in [0.15, 0.2) is 82.6 Å². The molecule has 2 bridgehead atoms. The second-order valence-electron chi connectivity index (χ2n) is 9.72. The summed E-state index contributed by atoms with van der Waals surface area (Å²) in [6, 6.07) is 23.9. The summed E-state index contributed by atoms with van der Waals surface area (Å²) in [5.41, 5.74) is 0. The summed E-state index contributed by atoms with van der Waals surface area (Å²) in [5.74, 6) is 5.09. The van der Waals surface area contributed by atoms with E-state index in [-0.39, 0.29) is 34.1 Å². The van der Waals surface area contributed by atoms with E-state index < -0.39 is 15.6 Å². The smallest absolute Gasteiger partial charge is 0.456 e. The first-order valence-electron chi connectivity index (χ1n) is 14.2. The van der Waals surface area contributed by atoms with Crippen LogP contribution in [-0.2, 0) is 38.9 Å². The average molecular weight is 928 g/mol. The van der Waals surface area contributed by atoms with Crippen LogP contribution in [0.1, 0.15) is 0 Å². The number of halogens is 12. The predicted molar refractivity (Wildman–Crippen MR) is 182 cm³/mol. The number of hydrogen-bond acceptors (Lipinski definition) is 5. The minimum absolute atomic E-state index is 0. The quantitative estimate of drug-likeness (QED) is 0.127. The van der Waals surface area contributed by atoms with E-state index in [9.17, 15) is 50.4 Å². The Bertz CT molecular complexity index is 1330. The van der Waals surface area contributed by atoms with Gasteiger partial charge in [-0.2, -0.15) is 0 Å². The first-order valence-corrected chi connectivity index (χ1v) is 20.2. The van der Waals surface area contributed by atoms with Crippen molar-refractivity contribution in [3.63, 3.8) is 0 Å². The van der Waals surface area contributed by atoms with Gasteiger partial charge in [0.05, 0.1) is 23.0 Å². The number of rotatable bonds is 0. The maximum atomic E-state index is 9.87. The standard InChI is InChI=1S/C22H20O3S2.2C5H5.2F6P.2Fe/c1-3-7-21-19(5-1)24-17-9-11-18(12-10-17)25-20-6-2-4-8-22(20)27-16-14-23-13-15-26-21;2*1-2-4-5-3-1;2*1-7(2,3,4,5)6;;/h1-12H,13-16H2;2*1-5H;;;;/q;;;2*-1;2*+2. The van der Waals surface area contributed by atoms with E-state index in [0.29, 0.717) is 13.2 Å². The summed E-state index contributed by atoms with van der Waals surface area (Å²) in [5, 5.41) is 0. The van der Waals surface area contributed by atoms with E-state index in [1.54, 1.807) is 23.5 Å². The van der Waals surface area contributed by atoms with Crippen molar-refractivity contribution in [1.82, 2.24) is 0 Å². The third-order valence-corrected chi connectivity index (χ3v) is 7.10. The van der Waals surface area contributed by atoms with E-state index in [1.807, 2.05) is 125 Å². The van der Waals surface area contributed by atoms with Crippen molar-refractivity contribution in [3.8, 4) is 23.0 Å². The second kappa shape index (κ2) is 20.9. The number of para-hydroxylation sites is 2. The molecule has 296 valence electrons. The summed E-state index contributed by atoms with van der Waals surface area (Å²) in [6.07, 6.45) is 20.0. The van der Waals surface area contributed by atoms with Gasteiger partial charge < -0.3 is 14.2 Å². The van der Waals surface area contributed by atoms with Gasteiger partial charge in [-0.15, -0.1) is 23.5 Å². The van der Waals surface area contributed by atoms with Gasteiger partial charge in [-0.25, -0.2) is 0 Å². The molecule has 3 nitrogen and oxygen atoms in total. The van der Waals surface area contributed by atoms with Crippen molar-refractivity contribution in [2.24, 2.45) is 0 Å². The fourth-order valence-corrected chi connectivity index (χ4v) is 5.00. The normalized spacial score (nSPS) is 18.3. The minimum Gasteiger partial charge on any atom is -0.456 e. The van der Waals surface area contributed by atoms with Crippen molar-refractivity contribution in [1.29, 1.82) is 0 Å². The molecular formula is C32H30F12Fe2O3P2S2+2. The Morgan fingerprint density at radius 2 is 0.642 bits per heavy atom. The molecule has 10 radical (unpaired) electrons. The fourth-order valence-electron chi connectivity index (χ4n) is 3.30. The molecule has 53 heavy (non-hydrogen) atoms. The molecule has 0 saturated heterocycles. The molecule has 0 spiro atoms. The SMILES string of the molecule is F[P-](F)(F)(F)(F)F.F[P-](F)(F)(F)(F)F.[CH]1[CH][CH][CH][CH]1.[CH]1[CH][CH][CH][CH]1.[Fe+2].[Fe+2].c1ccc2c(c1)Oc1ccc(cc1)Oc1ccccc1SCCOCCS2. The summed E-state index contributed by atoms with van der Waals surface area (Å²) in [7, 11) is -21.3. The Kier molecular flexibility index (Phi) is 20.5. The molecular weight excluding hydrogens is 898 g/mol. The number of hydrogen-bond donors (Lipinski definition) is 0. The Morgan fingerprint density at radius 1 is 0.396 bits per heavy atom. The molecule has 4 aliphatic rings. The molecule has 0 amide bonds. The Morgan fingerprint density at radius 3 is 0.906 bits per heavy atom. The van der Waals surface area contributed by atoms with Crippen LogP contribution in [-0.4, -0.2) is 24.7 Å². The summed E-state index contributed by atoms with van der Waals surface area (Å²) < 4.78 is 136. The van der Waals surface area contributed by atoms with Crippen LogP contribution in [0.5, 0.6) is 23.0 Å². The Labute approximate surface area is 330 Å². The summed E-state index contributed by atoms with van der Waals surface area (Å²) in [6.45, 7) is 1.43. The van der Waals surface area contributed by atoms with E-state index in [1.165, 1.54) is 0 Å². The van der Waals surface area contributed by atoms with Gasteiger partial charge in [0.1, 0.15) is 23.0 Å². The van der Waals surface area contributed by atoms with E-state index in [0.717, 1.165) is 44.3 Å². The maximum Gasteiger partial charge on any atom is 2.00 e. The Balaban J connectivity index is 0.000000844. The van der Waals surface area contributed by atoms with Crippen LogP contribution in [0.25, 0.3) is 0 Å². The molecule has 21 heteroatoms. The van der Waals surface area contributed by atoms with Crippen molar-refractivity contribution in [3.05, 3.63) is 137 Å². The molecule has 2 heterocycles. The van der Waals surface area contributed by atoms with Crippen molar-refractivity contribution in [2.75, 3.05) is 24.7 Å². The molecule has 2 aliphatic carbocycles. The molecule has 0 atom stereocenters. The average Bonchev–Trinajstić information content (AvgIpc) is 3.76. The van der Waals surface area contributed by atoms with Crippen LogP contribution in [0.4, 0.5) is 50.4 Å². The molecule has 3 aromatic rings. The van der Waals surface area contributed by atoms with Crippen LogP contribution >= 0.6 is 39.1 Å². The van der Waals surface area contributed by atoms with E-state index >= 15 is 0 Å². The molecule has 3 aromatic carbocycles. The molecule has 2 fully saturated rings. The zero-order valence-corrected chi connectivity index (χ0v) is 32.3. The predicted octanol–water partition coefficient (Wildman–Crippen LogP) is 15.3. The fraction of sp³-hybridized carbons (Fsp3) is 0.125. The number of fused-ring (bicyclic) bond motifs is 8. The van der Waals surface area contributed by atoms with Crippen molar-refractivity contribution in [2.45, 2.75) is 9.79 Å². The first-order chi connectivity index (χ1) is 23.3. The molecule has 2 aliphatic heterocycles. The molecule has 0 aromatic heterocycles. The van der Waals surface area contributed by atoms with E-state index in [4.69, 9.17) is 14.2 Å². The zero-order chi connectivity index (χ0) is 38.2. The minimum atomic E-state index is -10.7. The molecule has 0 N–H and O–H groups in total. The molecule has 2 saturated carbocycles. The summed E-state index contributed by atoms with van der Waals surface area (Å²) >= 11 is 3.51. The van der Waals surface area contributed by atoms with Gasteiger partial charge in [-0.05, 0) is 113 Å². The van der Waals surface area contributed by atoms with Crippen molar-refractivity contribution >= 4 is 39.1 Å². The van der Waals surface area contributed by atoms with E-state index in [2.05, 4.69) is 12.1 Å². The summed E-state index contributed by atoms with van der Waals surface area (Å²) in [4.78, 5) is 2.24. The maximum absolute atomic E-state index is 10.7. The van der Waals surface area contributed by atoms with Crippen molar-refractivity contribution < 1.29 is 98.7 Å². The van der Waals surface area contributed by atoms with Gasteiger partial charge in [0.15, 0.2) is 0 Å². The monoisotopic (exact) mass is 928 g/mol. The van der Waals surface area contributed by atoms with Crippen LogP contribution in [0.3, 0.4) is 0 Å². The van der Waals surface area contributed by atoms with Gasteiger partial charge >= 0.3 is 100 Å². The molecule has 0 unspecified atom stereocenters. The van der Waals surface area contributed by atoms with Gasteiger partial charge in [0, 0.05) is 11.5 Å². The number of ether oxygens (including phenoxy) is 3. The first kappa shape index (κ1) is 52.0. The number of thioether (sulfide) groups is 2. The van der Waals surface area contributed by atoms with Crippen LogP contribution in [0, 0.1) is 64.2 Å². The largest absolute Gasteiger partial charge is 2.00 e. The van der Waals surface area contributed by atoms with Gasteiger partial charge in [0.2, 0.25) is 0 Å². The molecule has 7 rings (SSSR count). The van der Waals surface area contributed by atoms with Gasteiger partial charge in [-0.3, -0.25) is 0 Å². The third kappa shape index (κ3) is 35.2. The van der Waals surface area contributed by atoms with Gasteiger partial charge in [0.25, 0.3) is 0 Å². The second-order valence-corrected chi connectivity index (χ2v) is 15.8. The van der Waals surface area contributed by atoms with Crippen LogP contribution in [0.2, 0.25) is 0 Å².